The first kappa shape index (κ1) is 16.8. The lowest BCUT2D eigenvalue weighted by molar-refractivity contribution is -0.153. The van der Waals surface area contributed by atoms with Crippen molar-refractivity contribution in [1.82, 2.24) is 0 Å². The molecule has 0 unspecified atom stereocenters. The fraction of sp³-hybridized carbons (Fsp3) is 0.278. The van der Waals surface area contributed by atoms with Gasteiger partial charge in [-0.3, -0.25) is 0 Å². The molecule has 5 heteroatoms. The van der Waals surface area contributed by atoms with Crippen LogP contribution in [0.3, 0.4) is 0 Å². The standard InChI is InChI=1S/C18H21NO4/c1-3-23-18(21)17(20)16(13-9-5-4-6-10-13)19-14-11-7-8-12-15(14)22-2/h4-12,16-17,19-20H,3H2,1-2H3/t16-,17-/m1/s1. The van der Waals surface area contributed by atoms with Crippen LogP contribution in [0.5, 0.6) is 5.75 Å². The van der Waals surface area contributed by atoms with Gasteiger partial charge in [-0.1, -0.05) is 42.5 Å². The Bertz CT molecular complexity index is 630. The number of anilines is 1. The summed E-state index contributed by atoms with van der Waals surface area (Å²) >= 11 is 0. The van der Waals surface area contributed by atoms with Gasteiger partial charge in [-0.05, 0) is 24.6 Å². The number of esters is 1. The zero-order valence-electron chi connectivity index (χ0n) is 13.2. The molecule has 0 aromatic heterocycles. The van der Waals surface area contributed by atoms with E-state index in [9.17, 15) is 9.90 Å². The number of hydrogen-bond acceptors (Lipinski definition) is 5. The normalized spacial score (nSPS) is 13.0. The van der Waals surface area contributed by atoms with Crippen molar-refractivity contribution >= 4 is 11.7 Å². The number of benzene rings is 2. The number of rotatable bonds is 7. The third-order valence-electron chi connectivity index (χ3n) is 3.42. The van der Waals surface area contributed by atoms with Crippen molar-refractivity contribution in [3.05, 3.63) is 60.2 Å². The van der Waals surface area contributed by atoms with Gasteiger partial charge in [0.1, 0.15) is 5.75 Å². The highest BCUT2D eigenvalue weighted by Crippen LogP contribution is 2.29. The molecule has 2 atom stereocenters. The van der Waals surface area contributed by atoms with E-state index in [1.165, 1.54) is 0 Å². The number of carbonyl (C=O) groups excluding carboxylic acids is 1. The Kier molecular flexibility index (Phi) is 6.00. The maximum absolute atomic E-state index is 12.0. The zero-order valence-corrected chi connectivity index (χ0v) is 13.2. The molecule has 0 heterocycles. The average molecular weight is 315 g/mol. The van der Waals surface area contributed by atoms with Gasteiger partial charge in [-0.2, -0.15) is 0 Å². The third kappa shape index (κ3) is 4.23. The van der Waals surface area contributed by atoms with E-state index in [0.717, 1.165) is 5.56 Å². The number of carbonyl (C=O) groups is 1. The molecule has 122 valence electrons. The van der Waals surface area contributed by atoms with E-state index < -0.39 is 18.1 Å². The molecule has 0 bridgehead atoms. The molecule has 2 N–H and O–H groups in total. The first-order chi connectivity index (χ1) is 11.2. The van der Waals surface area contributed by atoms with E-state index in [0.29, 0.717) is 11.4 Å². The summed E-state index contributed by atoms with van der Waals surface area (Å²) in [5, 5.41) is 13.6. The van der Waals surface area contributed by atoms with E-state index in [1.807, 2.05) is 48.5 Å². The fourth-order valence-electron chi connectivity index (χ4n) is 2.30. The van der Waals surface area contributed by atoms with Gasteiger partial charge in [0.25, 0.3) is 0 Å². The lowest BCUT2D eigenvalue weighted by Crippen LogP contribution is -2.34. The summed E-state index contributed by atoms with van der Waals surface area (Å²) in [4.78, 5) is 12.0. The number of aliphatic hydroxyl groups excluding tert-OH is 1. The van der Waals surface area contributed by atoms with Crippen molar-refractivity contribution in [2.24, 2.45) is 0 Å². The molecule has 0 saturated carbocycles. The monoisotopic (exact) mass is 315 g/mol. The maximum Gasteiger partial charge on any atom is 0.337 e. The van der Waals surface area contributed by atoms with E-state index >= 15 is 0 Å². The summed E-state index contributed by atoms with van der Waals surface area (Å²) < 4.78 is 10.2. The second-order valence-corrected chi connectivity index (χ2v) is 4.93. The maximum atomic E-state index is 12.0. The van der Waals surface area contributed by atoms with Crippen molar-refractivity contribution < 1.29 is 19.4 Å². The van der Waals surface area contributed by atoms with Crippen LogP contribution in [0, 0.1) is 0 Å². The topological polar surface area (TPSA) is 67.8 Å². The molecule has 2 aromatic rings. The van der Waals surface area contributed by atoms with Crippen molar-refractivity contribution in [1.29, 1.82) is 0 Å². The molecular formula is C18H21NO4. The Morgan fingerprint density at radius 3 is 2.43 bits per heavy atom. The Hall–Kier alpha value is -2.53. The molecular weight excluding hydrogens is 294 g/mol. The predicted molar refractivity (Wildman–Crippen MR) is 88.4 cm³/mol. The Morgan fingerprint density at radius 1 is 1.13 bits per heavy atom. The Morgan fingerprint density at radius 2 is 1.78 bits per heavy atom. The number of nitrogens with one attached hydrogen (secondary N) is 1. The highest BCUT2D eigenvalue weighted by atomic mass is 16.5. The van der Waals surface area contributed by atoms with Gasteiger partial charge in [0.15, 0.2) is 6.10 Å². The minimum atomic E-state index is -1.33. The molecule has 0 aliphatic rings. The predicted octanol–water partition coefficient (Wildman–Crippen LogP) is 2.77. The van der Waals surface area contributed by atoms with Crippen molar-refractivity contribution in [2.75, 3.05) is 19.0 Å². The van der Waals surface area contributed by atoms with Crippen LogP contribution in [-0.4, -0.2) is 30.9 Å². The molecule has 5 nitrogen and oxygen atoms in total. The number of aliphatic hydroxyl groups is 1. The largest absolute Gasteiger partial charge is 0.495 e. The van der Waals surface area contributed by atoms with E-state index in [-0.39, 0.29) is 6.61 Å². The van der Waals surface area contributed by atoms with Crippen LogP contribution in [0.1, 0.15) is 18.5 Å². The van der Waals surface area contributed by atoms with Crippen LogP contribution in [0.25, 0.3) is 0 Å². The molecule has 0 aliphatic heterocycles. The summed E-state index contributed by atoms with van der Waals surface area (Å²) in [7, 11) is 1.57. The van der Waals surface area contributed by atoms with Gasteiger partial charge >= 0.3 is 5.97 Å². The Labute approximate surface area is 135 Å². The van der Waals surface area contributed by atoms with Crippen molar-refractivity contribution in [2.45, 2.75) is 19.1 Å². The SMILES string of the molecule is CCOC(=O)[C@H](O)[C@H](Nc1ccccc1OC)c1ccccc1. The molecule has 0 spiro atoms. The average Bonchev–Trinajstić information content (AvgIpc) is 2.60. The van der Waals surface area contributed by atoms with Gasteiger partial charge in [-0.15, -0.1) is 0 Å². The smallest absolute Gasteiger partial charge is 0.337 e. The number of methoxy groups -OCH3 is 1. The summed E-state index contributed by atoms with van der Waals surface area (Å²) in [5.41, 5.74) is 1.46. The highest BCUT2D eigenvalue weighted by molar-refractivity contribution is 5.76. The van der Waals surface area contributed by atoms with E-state index in [2.05, 4.69) is 5.32 Å². The molecule has 0 aliphatic carbocycles. The second-order valence-electron chi connectivity index (χ2n) is 4.93. The summed E-state index contributed by atoms with van der Waals surface area (Å²) in [6, 6.07) is 16.0. The molecule has 0 saturated heterocycles. The molecule has 2 rings (SSSR count). The first-order valence-corrected chi connectivity index (χ1v) is 7.46. The fourth-order valence-corrected chi connectivity index (χ4v) is 2.30. The van der Waals surface area contributed by atoms with Gasteiger partial charge in [-0.25, -0.2) is 4.79 Å². The number of para-hydroxylation sites is 2. The van der Waals surface area contributed by atoms with Crippen LogP contribution >= 0.6 is 0 Å². The van der Waals surface area contributed by atoms with E-state index in [4.69, 9.17) is 9.47 Å². The highest BCUT2D eigenvalue weighted by Gasteiger charge is 2.29. The summed E-state index contributed by atoms with van der Waals surface area (Å²) in [6.45, 7) is 1.92. The number of hydrogen-bond donors (Lipinski definition) is 2. The van der Waals surface area contributed by atoms with Gasteiger partial charge in [0.2, 0.25) is 0 Å². The number of ether oxygens (including phenoxy) is 2. The third-order valence-corrected chi connectivity index (χ3v) is 3.42. The molecule has 0 radical (unpaired) electrons. The minimum absolute atomic E-state index is 0.214. The Balaban J connectivity index is 2.32. The molecule has 2 aromatic carbocycles. The van der Waals surface area contributed by atoms with Gasteiger partial charge < -0.3 is 19.9 Å². The zero-order chi connectivity index (χ0) is 16.7. The van der Waals surface area contributed by atoms with Gasteiger partial charge in [0, 0.05) is 0 Å². The van der Waals surface area contributed by atoms with Crippen LogP contribution in [0.15, 0.2) is 54.6 Å². The van der Waals surface area contributed by atoms with Crippen molar-refractivity contribution in [3.8, 4) is 5.75 Å². The van der Waals surface area contributed by atoms with Crippen LogP contribution in [0.2, 0.25) is 0 Å². The first-order valence-electron chi connectivity index (χ1n) is 7.46. The van der Waals surface area contributed by atoms with Crippen LogP contribution in [0.4, 0.5) is 5.69 Å². The quantitative estimate of drug-likeness (QED) is 0.769. The van der Waals surface area contributed by atoms with Crippen LogP contribution < -0.4 is 10.1 Å². The lowest BCUT2D eigenvalue weighted by Gasteiger charge is -2.25. The second kappa shape index (κ2) is 8.19. The lowest BCUT2D eigenvalue weighted by atomic mass is 10.0. The minimum Gasteiger partial charge on any atom is -0.495 e. The summed E-state index contributed by atoms with van der Waals surface area (Å²) in [6.07, 6.45) is -1.33. The molecule has 0 fully saturated rings. The van der Waals surface area contributed by atoms with Crippen LogP contribution in [-0.2, 0) is 9.53 Å². The van der Waals surface area contributed by atoms with E-state index in [1.54, 1.807) is 20.1 Å². The summed E-state index contributed by atoms with van der Waals surface area (Å²) in [5.74, 6) is -0.0340. The van der Waals surface area contributed by atoms with Gasteiger partial charge in [0.05, 0.1) is 25.4 Å². The molecule has 0 amide bonds. The van der Waals surface area contributed by atoms with Crippen molar-refractivity contribution in [3.63, 3.8) is 0 Å². The molecule has 23 heavy (non-hydrogen) atoms.